The SMILES string of the molecule is CCCCCCCC(CCCCCCC)N1C(=O)c2ccc3c4ccc5c6c(ccc(c7ccc(c2c37)C1=O)c64)C(=O)N(C(CCCCCCC)CCCCCCC)C5=O. The second kappa shape index (κ2) is 20.5. The zero-order chi connectivity index (χ0) is 42.2. The molecule has 5 aromatic carbocycles. The molecule has 0 saturated heterocycles. The van der Waals surface area contributed by atoms with E-state index >= 15 is 0 Å². The van der Waals surface area contributed by atoms with Crippen molar-refractivity contribution >= 4 is 66.7 Å². The molecule has 0 radical (unpaired) electrons. The fraction of sp³-hybridized carbons (Fsp3) is 0.556. The van der Waals surface area contributed by atoms with Crippen molar-refractivity contribution in [3.8, 4) is 0 Å². The van der Waals surface area contributed by atoms with Gasteiger partial charge in [-0.25, -0.2) is 0 Å². The van der Waals surface area contributed by atoms with Crippen LogP contribution in [0.2, 0.25) is 0 Å². The smallest absolute Gasteiger partial charge is 0.261 e. The molecule has 0 atom stereocenters. The molecule has 0 aromatic heterocycles. The summed E-state index contributed by atoms with van der Waals surface area (Å²) in [5, 5.41) is 7.07. The zero-order valence-corrected chi connectivity index (χ0v) is 37.3. The molecule has 2 aliphatic heterocycles. The third-order valence-electron chi connectivity index (χ3n) is 14.0. The maximum Gasteiger partial charge on any atom is 0.261 e. The molecule has 6 heteroatoms. The number of benzene rings is 5. The number of imide groups is 2. The lowest BCUT2D eigenvalue weighted by molar-refractivity contribution is 0.0501. The maximum absolute atomic E-state index is 14.6. The molecule has 0 saturated carbocycles. The lowest BCUT2D eigenvalue weighted by Crippen LogP contribution is -2.47. The van der Waals surface area contributed by atoms with Gasteiger partial charge in [-0.1, -0.05) is 180 Å². The summed E-state index contributed by atoms with van der Waals surface area (Å²) >= 11 is 0. The molecule has 2 aliphatic rings. The molecular weight excluding hydrogens is 741 g/mol. The average molecular weight is 811 g/mol. The number of hydrogen-bond acceptors (Lipinski definition) is 4. The van der Waals surface area contributed by atoms with E-state index < -0.39 is 0 Å². The summed E-state index contributed by atoms with van der Waals surface area (Å²) in [7, 11) is 0. The van der Waals surface area contributed by atoms with Crippen molar-refractivity contribution in [3.63, 3.8) is 0 Å². The molecule has 0 unspecified atom stereocenters. The molecule has 6 nitrogen and oxygen atoms in total. The summed E-state index contributed by atoms with van der Waals surface area (Å²) in [4.78, 5) is 61.8. The van der Waals surface area contributed by atoms with E-state index in [0.717, 1.165) is 120 Å². The quantitative estimate of drug-likeness (QED) is 0.0241. The first-order chi connectivity index (χ1) is 29.4. The van der Waals surface area contributed by atoms with Crippen LogP contribution in [0.1, 0.15) is 223 Å². The number of carbonyl (C=O) groups is 4. The Bertz CT molecular complexity index is 2000. The van der Waals surface area contributed by atoms with Crippen molar-refractivity contribution in [1.82, 2.24) is 9.80 Å². The van der Waals surface area contributed by atoms with Crippen LogP contribution in [0.25, 0.3) is 43.1 Å². The second-order valence-electron chi connectivity index (χ2n) is 18.2. The van der Waals surface area contributed by atoms with Gasteiger partial charge >= 0.3 is 0 Å². The molecular formula is C54H70N2O4. The minimum Gasteiger partial charge on any atom is -0.271 e. The van der Waals surface area contributed by atoms with E-state index in [1.165, 1.54) is 77.0 Å². The van der Waals surface area contributed by atoms with Crippen LogP contribution in [-0.2, 0) is 0 Å². The van der Waals surface area contributed by atoms with Crippen LogP contribution in [0.5, 0.6) is 0 Å². The first-order valence-electron chi connectivity index (χ1n) is 24.3. The molecule has 4 amide bonds. The number of hydrogen-bond donors (Lipinski definition) is 0. The van der Waals surface area contributed by atoms with Crippen LogP contribution in [0.3, 0.4) is 0 Å². The average Bonchev–Trinajstić information content (AvgIpc) is 3.26. The molecule has 2 heterocycles. The first-order valence-corrected chi connectivity index (χ1v) is 24.3. The predicted octanol–water partition coefficient (Wildman–Crippen LogP) is 15.1. The van der Waals surface area contributed by atoms with Crippen LogP contribution in [0.4, 0.5) is 0 Å². The molecule has 5 aromatic rings. The standard InChI is InChI=1S/C54H70N2O4/c1-5-9-13-17-21-25-37(26-22-18-14-10-6-2)55-51(57)43-33-29-39-41-31-35-45-50-46(36-32-42(48(41)50)40-30-34-44(52(55)58)49(43)47(39)40)54(60)56(53(45)59)38(27-23-19-15-11-7-3)28-24-20-16-12-8-4/h29-38H,5-28H2,1-4H3. The third-order valence-corrected chi connectivity index (χ3v) is 14.0. The van der Waals surface area contributed by atoms with Gasteiger partial charge in [-0.2, -0.15) is 0 Å². The number of amides is 4. The van der Waals surface area contributed by atoms with E-state index in [0.29, 0.717) is 22.3 Å². The van der Waals surface area contributed by atoms with E-state index in [2.05, 4.69) is 27.7 Å². The number of nitrogens with zero attached hydrogens (tertiary/aromatic N) is 2. The van der Waals surface area contributed by atoms with Crippen LogP contribution in [-0.4, -0.2) is 45.5 Å². The largest absolute Gasteiger partial charge is 0.271 e. The Labute approximate surface area is 359 Å². The molecule has 60 heavy (non-hydrogen) atoms. The van der Waals surface area contributed by atoms with Gasteiger partial charge in [-0.05, 0) is 82.3 Å². The normalized spacial score (nSPS) is 14.3. The third kappa shape index (κ3) is 8.59. The highest BCUT2D eigenvalue weighted by Crippen LogP contribution is 2.47. The van der Waals surface area contributed by atoms with Crippen LogP contribution in [0, 0.1) is 0 Å². The van der Waals surface area contributed by atoms with Gasteiger partial charge in [0.2, 0.25) is 0 Å². The summed E-state index contributed by atoms with van der Waals surface area (Å²) < 4.78 is 0. The maximum atomic E-state index is 14.6. The molecule has 7 rings (SSSR count). The summed E-state index contributed by atoms with van der Waals surface area (Å²) in [5.41, 5.74) is 2.38. The zero-order valence-electron chi connectivity index (χ0n) is 37.3. The van der Waals surface area contributed by atoms with Crippen molar-refractivity contribution in [2.75, 3.05) is 0 Å². The van der Waals surface area contributed by atoms with Crippen molar-refractivity contribution in [2.45, 2.75) is 194 Å². The summed E-state index contributed by atoms with van der Waals surface area (Å²) in [5.74, 6) is -0.719. The molecule has 0 fully saturated rings. The van der Waals surface area contributed by atoms with Crippen molar-refractivity contribution in [3.05, 3.63) is 70.8 Å². The van der Waals surface area contributed by atoms with Gasteiger partial charge in [0, 0.05) is 45.1 Å². The van der Waals surface area contributed by atoms with Crippen LogP contribution < -0.4 is 0 Å². The highest BCUT2D eigenvalue weighted by atomic mass is 16.2. The molecule has 0 bridgehead atoms. The highest BCUT2D eigenvalue weighted by molar-refractivity contribution is 6.41. The second-order valence-corrected chi connectivity index (χ2v) is 18.2. The Hall–Kier alpha value is -4.32. The van der Waals surface area contributed by atoms with Crippen LogP contribution >= 0.6 is 0 Å². The van der Waals surface area contributed by atoms with Crippen molar-refractivity contribution in [2.24, 2.45) is 0 Å². The van der Waals surface area contributed by atoms with Gasteiger partial charge in [0.25, 0.3) is 23.6 Å². The Balaban J connectivity index is 1.25. The van der Waals surface area contributed by atoms with E-state index in [-0.39, 0.29) is 35.7 Å². The monoisotopic (exact) mass is 811 g/mol. The Morgan fingerprint density at radius 3 is 0.783 bits per heavy atom. The van der Waals surface area contributed by atoms with Crippen molar-refractivity contribution < 1.29 is 19.2 Å². The van der Waals surface area contributed by atoms with Gasteiger partial charge in [0.1, 0.15) is 0 Å². The van der Waals surface area contributed by atoms with E-state index in [4.69, 9.17) is 0 Å². The number of fused-ring (bicyclic) bond motifs is 2. The van der Waals surface area contributed by atoms with E-state index in [1.54, 1.807) is 9.80 Å². The fourth-order valence-corrected chi connectivity index (χ4v) is 10.7. The summed E-state index contributed by atoms with van der Waals surface area (Å²) in [6, 6.07) is 15.6. The Morgan fingerprint density at radius 2 is 0.550 bits per heavy atom. The lowest BCUT2D eigenvalue weighted by Gasteiger charge is -2.35. The number of rotatable bonds is 26. The van der Waals surface area contributed by atoms with Crippen LogP contribution in [0.15, 0.2) is 48.5 Å². The van der Waals surface area contributed by atoms with Gasteiger partial charge in [-0.3, -0.25) is 29.0 Å². The predicted molar refractivity (Wildman–Crippen MR) is 250 cm³/mol. The fourth-order valence-electron chi connectivity index (χ4n) is 10.7. The van der Waals surface area contributed by atoms with E-state index in [1.807, 2.05) is 48.5 Å². The highest BCUT2D eigenvalue weighted by Gasteiger charge is 2.40. The Morgan fingerprint density at radius 1 is 0.317 bits per heavy atom. The number of carbonyl (C=O) groups excluding carboxylic acids is 4. The minimum atomic E-state index is -0.180. The van der Waals surface area contributed by atoms with Gasteiger partial charge < -0.3 is 0 Å². The minimum absolute atomic E-state index is 0.114. The van der Waals surface area contributed by atoms with E-state index in [9.17, 15) is 19.2 Å². The summed E-state index contributed by atoms with van der Waals surface area (Å²) in [6.45, 7) is 8.90. The lowest BCUT2D eigenvalue weighted by atomic mass is 9.81. The van der Waals surface area contributed by atoms with Gasteiger partial charge in [0.05, 0.1) is 0 Å². The summed E-state index contributed by atoms with van der Waals surface area (Å²) in [6.07, 6.45) is 26.3. The molecule has 0 aliphatic carbocycles. The molecule has 0 spiro atoms. The first kappa shape index (κ1) is 43.8. The topological polar surface area (TPSA) is 74.8 Å². The number of unbranched alkanes of at least 4 members (excludes halogenated alkanes) is 16. The molecule has 0 N–H and O–H groups in total. The Kier molecular flexibility index (Phi) is 14.9. The molecule has 320 valence electrons. The van der Waals surface area contributed by atoms with Gasteiger partial charge in [-0.15, -0.1) is 0 Å². The van der Waals surface area contributed by atoms with Gasteiger partial charge in [0.15, 0.2) is 0 Å². The van der Waals surface area contributed by atoms with Crippen molar-refractivity contribution in [1.29, 1.82) is 0 Å².